The van der Waals surface area contributed by atoms with E-state index in [9.17, 15) is 4.79 Å². The average Bonchev–Trinajstić information content (AvgIpc) is 2.38. The van der Waals surface area contributed by atoms with Gasteiger partial charge < -0.3 is 10.2 Å². The van der Waals surface area contributed by atoms with Crippen molar-refractivity contribution in [1.29, 1.82) is 0 Å². The quantitative estimate of drug-likeness (QED) is 0.868. The minimum Gasteiger partial charge on any atom is -0.376 e. The summed E-state index contributed by atoms with van der Waals surface area (Å²) in [4.78, 5) is 14.0. The van der Waals surface area contributed by atoms with Gasteiger partial charge in [0.1, 0.15) is 0 Å². The highest BCUT2D eigenvalue weighted by Gasteiger charge is 2.22. The standard InChI is InChI=1S/C14H20N2O/c1-12-7-5-6-10-16(12)14(17)11-15-13-8-3-2-4-9-13/h2-4,8-9,12,15H,5-7,10-11H2,1H3. The second-order valence-electron chi connectivity index (χ2n) is 4.65. The van der Waals surface area contributed by atoms with Crippen molar-refractivity contribution in [3.8, 4) is 0 Å². The fourth-order valence-electron chi connectivity index (χ4n) is 2.30. The number of nitrogens with one attached hydrogen (secondary N) is 1. The normalized spacial score (nSPS) is 20.1. The highest BCUT2D eigenvalue weighted by Crippen LogP contribution is 2.16. The molecule has 0 spiro atoms. The summed E-state index contributed by atoms with van der Waals surface area (Å²) in [5, 5.41) is 3.17. The first kappa shape index (κ1) is 12.0. The lowest BCUT2D eigenvalue weighted by atomic mass is 10.0. The summed E-state index contributed by atoms with van der Waals surface area (Å²) in [6.45, 7) is 3.45. The van der Waals surface area contributed by atoms with Crippen molar-refractivity contribution in [3.63, 3.8) is 0 Å². The summed E-state index contributed by atoms with van der Waals surface area (Å²) >= 11 is 0. The zero-order chi connectivity index (χ0) is 12.1. The molecule has 1 N–H and O–H groups in total. The fourth-order valence-corrected chi connectivity index (χ4v) is 2.30. The smallest absolute Gasteiger partial charge is 0.242 e. The Morgan fingerprint density at radius 3 is 2.82 bits per heavy atom. The summed E-state index contributed by atoms with van der Waals surface area (Å²) in [6, 6.07) is 10.3. The third kappa shape index (κ3) is 3.22. The van der Waals surface area contributed by atoms with Crippen LogP contribution in [-0.2, 0) is 4.79 Å². The molecule has 0 bridgehead atoms. The number of benzene rings is 1. The number of hydrogen-bond acceptors (Lipinski definition) is 2. The molecular formula is C14H20N2O. The van der Waals surface area contributed by atoms with E-state index in [0.29, 0.717) is 12.6 Å². The minimum atomic E-state index is 0.209. The van der Waals surface area contributed by atoms with Gasteiger partial charge in [0.25, 0.3) is 0 Å². The maximum Gasteiger partial charge on any atom is 0.242 e. The van der Waals surface area contributed by atoms with Gasteiger partial charge in [0.2, 0.25) is 5.91 Å². The molecule has 0 radical (unpaired) electrons. The molecule has 1 atom stereocenters. The molecule has 1 saturated heterocycles. The third-order valence-corrected chi connectivity index (χ3v) is 3.34. The predicted molar refractivity (Wildman–Crippen MR) is 70.0 cm³/mol. The first-order chi connectivity index (χ1) is 8.27. The Morgan fingerprint density at radius 1 is 1.35 bits per heavy atom. The summed E-state index contributed by atoms with van der Waals surface area (Å²) in [6.07, 6.45) is 3.52. The lowest BCUT2D eigenvalue weighted by Gasteiger charge is -2.33. The van der Waals surface area contributed by atoms with E-state index in [0.717, 1.165) is 25.1 Å². The second-order valence-corrected chi connectivity index (χ2v) is 4.65. The van der Waals surface area contributed by atoms with Crippen LogP contribution < -0.4 is 5.32 Å². The van der Waals surface area contributed by atoms with E-state index >= 15 is 0 Å². The topological polar surface area (TPSA) is 32.3 Å². The molecule has 92 valence electrons. The second kappa shape index (κ2) is 5.71. The van der Waals surface area contributed by atoms with E-state index in [4.69, 9.17) is 0 Å². The minimum absolute atomic E-state index is 0.209. The van der Waals surface area contributed by atoms with Crippen LogP contribution >= 0.6 is 0 Å². The number of amides is 1. The van der Waals surface area contributed by atoms with Crippen LogP contribution in [0.1, 0.15) is 26.2 Å². The van der Waals surface area contributed by atoms with Gasteiger partial charge in [0.15, 0.2) is 0 Å². The Morgan fingerprint density at radius 2 is 2.12 bits per heavy atom. The van der Waals surface area contributed by atoms with E-state index in [2.05, 4.69) is 12.2 Å². The van der Waals surface area contributed by atoms with Gasteiger partial charge in [-0.2, -0.15) is 0 Å². The summed E-state index contributed by atoms with van der Waals surface area (Å²) in [5.41, 5.74) is 1.01. The SMILES string of the molecule is CC1CCCCN1C(=O)CNc1ccccc1. The molecule has 0 aromatic heterocycles. The van der Waals surface area contributed by atoms with Crippen molar-refractivity contribution in [2.45, 2.75) is 32.2 Å². The Balaban J connectivity index is 1.84. The van der Waals surface area contributed by atoms with E-state index in [-0.39, 0.29) is 5.91 Å². The molecule has 1 aliphatic rings. The number of piperidine rings is 1. The van der Waals surface area contributed by atoms with Crippen LogP contribution in [-0.4, -0.2) is 29.9 Å². The Bertz CT molecular complexity index is 364. The average molecular weight is 232 g/mol. The summed E-state index contributed by atoms with van der Waals surface area (Å²) < 4.78 is 0. The lowest BCUT2D eigenvalue weighted by Crippen LogP contribution is -2.44. The molecule has 1 heterocycles. The van der Waals surface area contributed by atoms with E-state index in [1.165, 1.54) is 6.42 Å². The molecular weight excluding hydrogens is 212 g/mol. The van der Waals surface area contributed by atoms with Crippen LogP contribution in [0.2, 0.25) is 0 Å². The lowest BCUT2D eigenvalue weighted by molar-refractivity contribution is -0.132. The van der Waals surface area contributed by atoms with E-state index in [1.54, 1.807) is 0 Å². The molecule has 1 amide bonds. The van der Waals surface area contributed by atoms with Crippen LogP contribution in [0.25, 0.3) is 0 Å². The fraction of sp³-hybridized carbons (Fsp3) is 0.500. The molecule has 1 aromatic carbocycles. The Hall–Kier alpha value is -1.51. The number of para-hydroxylation sites is 1. The molecule has 0 aliphatic carbocycles. The predicted octanol–water partition coefficient (Wildman–Crippen LogP) is 2.50. The number of carbonyl (C=O) groups excluding carboxylic acids is 1. The highest BCUT2D eigenvalue weighted by atomic mass is 16.2. The van der Waals surface area contributed by atoms with Crippen molar-refractivity contribution in [1.82, 2.24) is 4.90 Å². The number of nitrogens with zero attached hydrogens (tertiary/aromatic N) is 1. The Kier molecular flexibility index (Phi) is 4.02. The third-order valence-electron chi connectivity index (χ3n) is 3.34. The van der Waals surface area contributed by atoms with Gasteiger partial charge in [-0.25, -0.2) is 0 Å². The molecule has 2 rings (SSSR count). The van der Waals surface area contributed by atoms with Crippen LogP contribution in [0.15, 0.2) is 30.3 Å². The van der Waals surface area contributed by atoms with Crippen molar-refractivity contribution >= 4 is 11.6 Å². The van der Waals surface area contributed by atoms with Crippen molar-refractivity contribution in [2.24, 2.45) is 0 Å². The maximum absolute atomic E-state index is 12.0. The van der Waals surface area contributed by atoms with Gasteiger partial charge in [-0.1, -0.05) is 18.2 Å². The first-order valence-electron chi connectivity index (χ1n) is 6.36. The largest absolute Gasteiger partial charge is 0.376 e. The zero-order valence-corrected chi connectivity index (χ0v) is 10.4. The monoisotopic (exact) mass is 232 g/mol. The summed E-state index contributed by atoms with van der Waals surface area (Å²) in [7, 11) is 0. The van der Waals surface area contributed by atoms with Crippen LogP contribution in [0.4, 0.5) is 5.69 Å². The number of rotatable bonds is 3. The highest BCUT2D eigenvalue weighted by molar-refractivity contribution is 5.81. The molecule has 1 unspecified atom stereocenters. The number of likely N-dealkylation sites (tertiary alicyclic amines) is 1. The van der Waals surface area contributed by atoms with Crippen molar-refractivity contribution in [3.05, 3.63) is 30.3 Å². The van der Waals surface area contributed by atoms with Crippen LogP contribution in [0.5, 0.6) is 0 Å². The van der Waals surface area contributed by atoms with Gasteiger partial charge >= 0.3 is 0 Å². The molecule has 1 fully saturated rings. The number of anilines is 1. The van der Waals surface area contributed by atoms with Gasteiger partial charge in [-0.3, -0.25) is 4.79 Å². The van der Waals surface area contributed by atoms with Crippen molar-refractivity contribution < 1.29 is 4.79 Å². The molecule has 3 nitrogen and oxygen atoms in total. The maximum atomic E-state index is 12.0. The van der Waals surface area contributed by atoms with Crippen LogP contribution in [0, 0.1) is 0 Å². The summed E-state index contributed by atoms with van der Waals surface area (Å²) in [5.74, 6) is 0.209. The zero-order valence-electron chi connectivity index (χ0n) is 10.4. The molecule has 1 aliphatic heterocycles. The number of carbonyl (C=O) groups is 1. The van der Waals surface area contributed by atoms with Crippen LogP contribution in [0.3, 0.4) is 0 Å². The van der Waals surface area contributed by atoms with Gasteiger partial charge in [0, 0.05) is 18.3 Å². The van der Waals surface area contributed by atoms with Gasteiger partial charge in [0.05, 0.1) is 6.54 Å². The van der Waals surface area contributed by atoms with E-state index in [1.807, 2.05) is 35.2 Å². The Labute approximate surface area is 103 Å². The molecule has 17 heavy (non-hydrogen) atoms. The van der Waals surface area contributed by atoms with Gasteiger partial charge in [-0.05, 0) is 38.3 Å². The van der Waals surface area contributed by atoms with E-state index < -0.39 is 0 Å². The molecule has 3 heteroatoms. The molecule has 1 aromatic rings. The molecule has 0 saturated carbocycles. The number of hydrogen-bond donors (Lipinski definition) is 1. The first-order valence-corrected chi connectivity index (χ1v) is 6.36. The van der Waals surface area contributed by atoms with Gasteiger partial charge in [-0.15, -0.1) is 0 Å². The van der Waals surface area contributed by atoms with Crippen molar-refractivity contribution in [2.75, 3.05) is 18.4 Å².